The fourth-order valence-electron chi connectivity index (χ4n) is 1.71. The maximum Gasteiger partial charge on any atom is 0.228 e. The summed E-state index contributed by atoms with van der Waals surface area (Å²) in [4.78, 5) is 13.8. The van der Waals surface area contributed by atoms with Gasteiger partial charge in [-0.15, -0.1) is 10.2 Å². The first-order valence-electron chi connectivity index (χ1n) is 6.98. The summed E-state index contributed by atoms with van der Waals surface area (Å²) in [5.74, 6) is 1.28. The van der Waals surface area contributed by atoms with Crippen molar-refractivity contribution in [1.82, 2.24) is 10.2 Å². The molecule has 5 nitrogen and oxygen atoms in total. The van der Waals surface area contributed by atoms with E-state index in [0.717, 1.165) is 31.7 Å². The van der Waals surface area contributed by atoms with Gasteiger partial charge in [-0.05, 0) is 25.0 Å². The average molecular weight is 264 g/mol. The lowest BCUT2D eigenvalue weighted by Gasteiger charge is -2.21. The Labute approximate surface area is 115 Å². The molecule has 1 amide bonds. The highest BCUT2D eigenvalue weighted by molar-refractivity contribution is 5.91. The first kappa shape index (κ1) is 15.4. The highest BCUT2D eigenvalue weighted by Crippen LogP contribution is 2.13. The minimum atomic E-state index is -0.0573. The quantitative estimate of drug-likeness (QED) is 0.822. The Hall–Kier alpha value is -1.65. The van der Waals surface area contributed by atoms with E-state index in [9.17, 15) is 4.79 Å². The number of nitrogens with zero attached hydrogens (tertiary/aromatic N) is 3. The molecular weight excluding hydrogens is 240 g/mol. The van der Waals surface area contributed by atoms with E-state index in [1.165, 1.54) is 0 Å². The zero-order valence-electron chi connectivity index (χ0n) is 12.3. The van der Waals surface area contributed by atoms with Crippen LogP contribution in [0.15, 0.2) is 12.1 Å². The van der Waals surface area contributed by atoms with Gasteiger partial charge in [0, 0.05) is 19.0 Å². The van der Waals surface area contributed by atoms with Crippen LogP contribution in [0.5, 0.6) is 0 Å². The van der Waals surface area contributed by atoms with Gasteiger partial charge in [-0.25, -0.2) is 0 Å². The van der Waals surface area contributed by atoms with Crippen molar-refractivity contribution >= 4 is 17.5 Å². The molecular formula is C14H24N4O. The van der Waals surface area contributed by atoms with Crippen molar-refractivity contribution in [2.24, 2.45) is 5.92 Å². The third-order valence-electron chi connectivity index (χ3n) is 2.74. The summed E-state index contributed by atoms with van der Waals surface area (Å²) in [6.45, 7) is 9.93. The number of nitrogens with one attached hydrogen (secondary N) is 1. The minimum Gasteiger partial charge on any atom is -0.355 e. The van der Waals surface area contributed by atoms with Crippen molar-refractivity contribution in [3.8, 4) is 0 Å². The Bertz CT molecular complexity index is 383. The second-order valence-corrected chi connectivity index (χ2v) is 4.91. The number of aromatic nitrogens is 2. The molecule has 106 valence electrons. The summed E-state index contributed by atoms with van der Waals surface area (Å²) in [5.41, 5.74) is 0. The topological polar surface area (TPSA) is 58.1 Å². The molecule has 0 aliphatic carbocycles. The Balaban J connectivity index is 2.71. The summed E-state index contributed by atoms with van der Waals surface area (Å²) in [6, 6.07) is 3.72. The van der Waals surface area contributed by atoms with Crippen LogP contribution in [-0.4, -0.2) is 29.2 Å². The maximum atomic E-state index is 11.5. The zero-order valence-corrected chi connectivity index (χ0v) is 12.3. The number of rotatable bonds is 7. The fourth-order valence-corrected chi connectivity index (χ4v) is 1.71. The van der Waals surface area contributed by atoms with E-state index in [1.54, 1.807) is 6.07 Å². The van der Waals surface area contributed by atoms with Crippen LogP contribution >= 0.6 is 0 Å². The molecule has 0 aliphatic heterocycles. The van der Waals surface area contributed by atoms with Crippen LogP contribution in [0.2, 0.25) is 0 Å². The highest BCUT2D eigenvalue weighted by atomic mass is 16.1. The second kappa shape index (κ2) is 7.71. The van der Waals surface area contributed by atoms with Crippen LogP contribution in [0.25, 0.3) is 0 Å². The number of carbonyl (C=O) groups is 1. The van der Waals surface area contributed by atoms with Crippen LogP contribution in [0.1, 0.15) is 40.5 Å². The minimum absolute atomic E-state index is 0.0407. The van der Waals surface area contributed by atoms with Gasteiger partial charge >= 0.3 is 0 Å². The molecule has 0 spiro atoms. The molecule has 5 heteroatoms. The SMILES string of the molecule is CCCN(CCC)c1ccc(NC(=O)C(C)C)nn1. The molecule has 1 rings (SSSR count). The molecule has 19 heavy (non-hydrogen) atoms. The Morgan fingerprint density at radius 1 is 1.21 bits per heavy atom. The molecule has 1 aromatic rings. The molecule has 1 aromatic heterocycles. The van der Waals surface area contributed by atoms with Gasteiger partial charge in [-0.3, -0.25) is 4.79 Å². The average Bonchev–Trinajstić information content (AvgIpc) is 2.39. The van der Waals surface area contributed by atoms with Gasteiger partial charge < -0.3 is 10.2 Å². The first-order valence-corrected chi connectivity index (χ1v) is 6.98. The molecule has 1 N–H and O–H groups in total. The molecule has 0 radical (unpaired) electrons. The largest absolute Gasteiger partial charge is 0.355 e. The van der Waals surface area contributed by atoms with Gasteiger partial charge in [0.1, 0.15) is 0 Å². The Morgan fingerprint density at radius 3 is 2.26 bits per heavy atom. The molecule has 0 bridgehead atoms. The molecule has 0 saturated carbocycles. The number of hydrogen-bond acceptors (Lipinski definition) is 4. The van der Waals surface area contributed by atoms with Gasteiger partial charge in [0.25, 0.3) is 0 Å². The van der Waals surface area contributed by atoms with Crippen LogP contribution in [-0.2, 0) is 4.79 Å². The molecule has 0 atom stereocenters. The van der Waals surface area contributed by atoms with Crippen molar-refractivity contribution in [2.45, 2.75) is 40.5 Å². The standard InChI is InChI=1S/C14H24N4O/c1-5-9-18(10-6-2)13-8-7-12(16-17-13)15-14(19)11(3)4/h7-8,11H,5-6,9-10H2,1-4H3,(H,15,16,19). The molecule has 0 saturated heterocycles. The van der Waals surface area contributed by atoms with E-state index < -0.39 is 0 Å². The molecule has 0 aliphatic rings. The van der Waals surface area contributed by atoms with Crippen LogP contribution in [0, 0.1) is 5.92 Å². The predicted molar refractivity (Wildman–Crippen MR) is 78.3 cm³/mol. The van der Waals surface area contributed by atoms with Crippen molar-refractivity contribution < 1.29 is 4.79 Å². The molecule has 1 heterocycles. The van der Waals surface area contributed by atoms with Crippen molar-refractivity contribution in [1.29, 1.82) is 0 Å². The molecule has 0 unspecified atom stereocenters. The normalized spacial score (nSPS) is 10.6. The van der Waals surface area contributed by atoms with Gasteiger partial charge in [0.15, 0.2) is 11.6 Å². The number of amides is 1. The predicted octanol–water partition coefficient (Wildman–Crippen LogP) is 2.70. The van der Waals surface area contributed by atoms with E-state index in [-0.39, 0.29) is 11.8 Å². The van der Waals surface area contributed by atoms with Gasteiger partial charge in [-0.2, -0.15) is 0 Å². The van der Waals surface area contributed by atoms with E-state index in [4.69, 9.17) is 0 Å². The fraction of sp³-hybridized carbons (Fsp3) is 0.643. The Kier molecular flexibility index (Phi) is 6.25. The van der Waals surface area contributed by atoms with Crippen molar-refractivity contribution in [3.63, 3.8) is 0 Å². The van der Waals surface area contributed by atoms with Crippen molar-refractivity contribution in [3.05, 3.63) is 12.1 Å². The second-order valence-electron chi connectivity index (χ2n) is 4.91. The van der Waals surface area contributed by atoms with Crippen molar-refractivity contribution in [2.75, 3.05) is 23.3 Å². The van der Waals surface area contributed by atoms with E-state index in [2.05, 4.69) is 34.3 Å². The monoisotopic (exact) mass is 264 g/mol. The maximum absolute atomic E-state index is 11.5. The lowest BCUT2D eigenvalue weighted by atomic mass is 10.2. The molecule has 0 aromatic carbocycles. The lowest BCUT2D eigenvalue weighted by molar-refractivity contribution is -0.118. The van der Waals surface area contributed by atoms with Crippen LogP contribution in [0.3, 0.4) is 0 Å². The van der Waals surface area contributed by atoms with Crippen LogP contribution in [0.4, 0.5) is 11.6 Å². The van der Waals surface area contributed by atoms with E-state index in [0.29, 0.717) is 5.82 Å². The lowest BCUT2D eigenvalue weighted by Crippen LogP contribution is -2.26. The van der Waals surface area contributed by atoms with E-state index >= 15 is 0 Å². The zero-order chi connectivity index (χ0) is 14.3. The number of anilines is 2. The summed E-state index contributed by atoms with van der Waals surface area (Å²) >= 11 is 0. The number of carbonyl (C=O) groups excluding carboxylic acids is 1. The van der Waals surface area contributed by atoms with Gasteiger partial charge in [-0.1, -0.05) is 27.7 Å². The van der Waals surface area contributed by atoms with Gasteiger partial charge in [0.2, 0.25) is 5.91 Å². The van der Waals surface area contributed by atoms with Crippen LogP contribution < -0.4 is 10.2 Å². The third-order valence-corrected chi connectivity index (χ3v) is 2.74. The summed E-state index contributed by atoms with van der Waals surface area (Å²) < 4.78 is 0. The highest BCUT2D eigenvalue weighted by Gasteiger charge is 2.10. The molecule has 0 fully saturated rings. The summed E-state index contributed by atoms with van der Waals surface area (Å²) in [5, 5.41) is 11.0. The third kappa shape index (κ3) is 4.85. The summed E-state index contributed by atoms with van der Waals surface area (Å²) in [6.07, 6.45) is 2.15. The number of hydrogen-bond donors (Lipinski definition) is 1. The summed E-state index contributed by atoms with van der Waals surface area (Å²) in [7, 11) is 0. The Morgan fingerprint density at radius 2 is 1.84 bits per heavy atom. The van der Waals surface area contributed by atoms with Gasteiger partial charge in [0.05, 0.1) is 0 Å². The van der Waals surface area contributed by atoms with E-state index in [1.807, 2.05) is 19.9 Å². The smallest absolute Gasteiger partial charge is 0.228 e. The first-order chi connectivity index (χ1) is 9.08.